The molecular weight excluding hydrogens is 340 g/mol. The van der Waals surface area contributed by atoms with Gasteiger partial charge in [0.05, 0.1) is 28.6 Å². The Bertz CT molecular complexity index is 1030. The lowest BCUT2D eigenvalue weighted by molar-refractivity contribution is 0.426. The van der Waals surface area contributed by atoms with Gasteiger partial charge < -0.3 is 10.5 Å². The molecule has 3 aromatic rings. The van der Waals surface area contributed by atoms with Crippen molar-refractivity contribution in [2.45, 2.75) is 32.2 Å². The summed E-state index contributed by atoms with van der Waals surface area (Å²) in [4.78, 5) is 8.86. The first-order valence-corrected chi connectivity index (χ1v) is 8.98. The van der Waals surface area contributed by atoms with Gasteiger partial charge in [-0.25, -0.2) is 14.6 Å². The van der Waals surface area contributed by atoms with Crippen LogP contribution in [0.3, 0.4) is 0 Å². The number of aromatic nitrogens is 4. The minimum atomic E-state index is 0.331. The fraction of sp³-hybridized carbons (Fsp3) is 0.300. The molecule has 0 aliphatic heterocycles. The quantitative estimate of drug-likeness (QED) is 0.767. The van der Waals surface area contributed by atoms with Gasteiger partial charge in [-0.3, -0.25) is 0 Å². The average Bonchev–Trinajstić information content (AvgIpc) is 3.03. The molecule has 0 bridgehead atoms. The Balaban J connectivity index is 1.80. The van der Waals surface area contributed by atoms with Gasteiger partial charge in [0, 0.05) is 25.4 Å². The zero-order valence-electron chi connectivity index (χ0n) is 15.1. The summed E-state index contributed by atoms with van der Waals surface area (Å²) in [7, 11) is 1.88. The largest absolute Gasteiger partial charge is 0.438 e. The molecule has 0 saturated carbocycles. The molecule has 0 amide bonds. The fourth-order valence-corrected chi connectivity index (χ4v) is 3.38. The molecule has 0 unspecified atom stereocenters. The Morgan fingerprint density at radius 3 is 2.93 bits per heavy atom. The molecule has 0 spiro atoms. The van der Waals surface area contributed by atoms with E-state index in [0.29, 0.717) is 23.7 Å². The van der Waals surface area contributed by atoms with Crippen molar-refractivity contribution < 1.29 is 4.74 Å². The second kappa shape index (κ2) is 7.17. The van der Waals surface area contributed by atoms with Crippen LogP contribution in [-0.4, -0.2) is 19.7 Å². The molecule has 4 rings (SSSR count). The molecule has 1 aliphatic rings. The van der Waals surface area contributed by atoms with E-state index >= 15 is 0 Å². The summed E-state index contributed by atoms with van der Waals surface area (Å²) in [5.41, 5.74) is 9.93. The van der Waals surface area contributed by atoms with Crippen LogP contribution in [0.15, 0.2) is 30.5 Å². The highest BCUT2D eigenvalue weighted by atomic mass is 16.5. The van der Waals surface area contributed by atoms with Crippen molar-refractivity contribution in [3.8, 4) is 29.1 Å². The predicted molar refractivity (Wildman–Crippen MR) is 100.0 cm³/mol. The highest BCUT2D eigenvalue weighted by Gasteiger charge is 2.22. The molecule has 136 valence electrons. The monoisotopic (exact) mass is 360 g/mol. The second-order valence-electron chi connectivity index (χ2n) is 6.56. The highest BCUT2D eigenvalue weighted by molar-refractivity contribution is 5.66. The van der Waals surface area contributed by atoms with E-state index in [1.54, 1.807) is 29.1 Å². The van der Waals surface area contributed by atoms with E-state index in [1.165, 1.54) is 0 Å². The molecule has 1 aliphatic carbocycles. The van der Waals surface area contributed by atoms with Crippen LogP contribution in [0.25, 0.3) is 11.4 Å². The molecule has 2 aromatic heterocycles. The van der Waals surface area contributed by atoms with E-state index < -0.39 is 0 Å². The van der Waals surface area contributed by atoms with Gasteiger partial charge in [0.15, 0.2) is 5.82 Å². The third-order valence-electron chi connectivity index (χ3n) is 4.74. The Morgan fingerprint density at radius 2 is 2.11 bits per heavy atom. The van der Waals surface area contributed by atoms with Gasteiger partial charge in [-0.15, -0.1) is 0 Å². The third kappa shape index (κ3) is 3.27. The fourth-order valence-electron chi connectivity index (χ4n) is 3.38. The van der Waals surface area contributed by atoms with Gasteiger partial charge in [-0.1, -0.05) is 0 Å². The molecule has 27 heavy (non-hydrogen) atoms. The lowest BCUT2D eigenvalue weighted by Gasteiger charge is -2.14. The molecule has 2 heterocycles. The van der Waals surface area contributed by atoms with Crippen molar-refractivity contribution in [3.05, 3.63) is 53.0 Å². The standard InChI is InChI=1S/C20H20N6O/c1-26-20(15-4-2-3-5-17(15)25-26)27-18-10-13(11-21)6-7-16(18)19-23-9-8-14(12-22)24-19/h6-10H,2-5,12,22H2,1H3. The predicted octanol–water partition coefficient (Wildman–Crippen LogP) is 2.88. The van der Waals surface area contributed by atoms with Gasteiger partial charge in [0.2, 0.25) is 5.88 Å². The Morgan fingerprint density at radius 1 is 1.26 bits per heavy atom. The normalized spacial score (nSPS) is 13.1. The summed E-state index contributed by atoms with van der Waals surface area (Å²) in [6.07, 6.45) is 5.88. The first-order valence-electron chi connectivity index (χ1n) is 8.98. The molecule has 7 nitrogen and oxygen atoms in total. The van der Waals surface area contributed by atoms with Crippen LogP contribution in [0.5, 0.6) is 11.6 Å². The van der Waals surface area contributed by atoms with Crippen molar-refractivity contribution >= 4 is 0 Å². The molecule has 0 radical (unpaired) electrons. The van der Waals surface area contributed by atoms with E-state index in [0.717, 1.165) is 54.1 Å². The van der Waals surface area contributed by atoms with E-state index in [4.69, 9.17) is 10.5 Å². The summed E-state index contributed by atoms with van der Waals surface area (Å²) in [6, 6.07) is 9.21. The topological polar surface area (TPSA) is 103 Å². The first kappa shape index (κ1) is 17.2. The first-order chi connectivity index (χ1) is 13.2. The number of nitrogens with zero attached hydrogens (tertiary/aromatic N) is 5. The van der Waals surface area contributed by atoms with Gasteiger partial charge in [0.1, 0.15) is 5.75 Å². The zero-order chi connectivity index (χ0) is 18.8. The highest BCUT2D eigenvalue weighted by Crippen LogP contribution is 2.36. The van der Waals surface area contributed by atoms with Crippen LogP contribution in [0.4, 0.5) is 0 Å². The number of nitriles is 1. The van der Waals surface area contributed by atoms with Crippen LogP contribution < -0.4 is 10.5 Å². The Kier molecular flexibility index (Phi) is 4.57. The maximum Gasteiger partial charge on any atom is 0.221 e. The number of fused-ring (bicyclic) bond motifs is 1. The lowest BCUT2D eigenvalue weighted by Crippen LogP contribution is -2.04. The molecule has 2 N–H and O–H groups in total. The number of benzene rings is 1. The summed E-state index contributed by atoms with van der Waals surface area (Å²) < 4.78 is 8.06. The number of hydrogen-bond donors (Lipinski definition) is 1. The average molecular weight is 360 g/mol. The minimum Gasteiger partial charge on any atom is -0.438 e. The van der Waals surface area contributed by atoms with Crippen molar-refractivity contribution in [3.63, 3.8) is 0 Å². The Hall–Kier alpha value is -3.24. The van der Waals surface area contributed by atoms with Gasteiger partial charge in [-0.05, 0) is 49.9 Å². The number of aryl methyl sites for hydroxylation is 2. The van der Waals surface area contributed by atoms with Crippen molar-refractivity contribution in [1.29, 1.82) is 5.26 Å². The number of rotatable bonds is 4. The van der Waals surface area contributed by atoms with Crippen LogP contribution in [0, 0.1) is 11.3 Å². The van der Waals surface area contributed by atoms with E-state index in [1.807, 2.05) is 13.1 Å². The molecular formula is C20H20N6O. The summed E-state index contributed by atoms with van der Waals surface area (Å²) in [5, 5.41) is 13.9. The van der Waals surface area contributed by atoms with E-state index in [-0.39, 0.29) is 0 Å². The SMILES string of the molecule is Cn1nc2c(c1Oc1cc(C#N)ccc1-c1nccc(CN)n1)CCCC2. The van der Waals surface area contributed by atoms with Crippen LogP contribution in [-0.2, 0) is 26.4 Å². The Labute approximate surface area is 157 Å². The third-order valence-corrected chi connectivity index (χ3v) is 4.74. The van der Waals surface area contributed by atoms with Crippen LogP contribution >= 0.6 is 0 Å². The summed E-state index contributed by atoms with van der Waals surface area (Å²) in [6.45, 7) is 0.331. The van der Waals surface area contributed by atoms with E-state index in [9.17, 15) is 5.26 Å². The number of nitrogens with two attached hydrogens (primary N) is 1. The molecule has 7 heteroatoms. The molecule has 1 aromatic carbocycles. The lowest BCUT2D eigenvalue weighted by atomic mass is 9.98. The van der Waals surface area contributed by atoms with Crippen molar-refractivity contribution in [1.82, 2.24) is 19.7 Å². The van der Waals surface area contributed by atoms with Gasteiger partial charge >= 0.3 is 0 Å². The smallest absolute Gasteiger partial charge is 0.221 e. The van der Waals surface area contributed by atoms with Gasteiger partial charge in [0.25, 0.3) is 0 Å². The summed E-state index contributed by atoms with van der Waals surface area (Å²) >= 11 is 0. The second-order valence-corrected chi connectivity index (χ2v) is 6.56. The minimum absolute atomic E-state index is 0.331. The van der Waals surface area contributed by atoms with Crippen LogP contribution in [0.2, 0.25) is 0 Å². The summed E-state index contributed by atoms with van der Waals surface area (Å²) in [5.74, 6) is 1.78. The van der Waals surface area contributed by atoms with Crippen molar-refractivity contribution in [2.75, 3.05) is 0 Å². The molecule has 0 fully saturated rings. The maximum atomic E-state index is 9.31. The van der Waals surface area contributed by atoms with Crippen LogP contribution in [0.1, 0.15) is 35.4 Å². The molecule has 0 atom stereocenters. The van der Waals surface area contributed by atoms with Gasteiger partial charge in [-0.2, -0.15) is 10.4 Å². The maximum absolute atomic E-state index is 9.31. The number of hydrogen-bond acceptors (Lipinski definition) is 6. The van der Waals surface area contributed by atoms with Crippen molar-refractivity contribution in [2.24, 2.45) is 12.8 Å². The van der Waals surface area contributed by atoms with E-state index in [2.05, 4.69) is 21.1 Å². The molecule has 0 saturated heterocycles. The number of ether oxygens (including phenoxy) is 1. The zero-order valence-corrected chi connectivity index (χ0v) is 15.1.